The maximum absolute atomic E-state index is 13.4. The highest BCUT2D eigenvalue weighted by molar-refractivity contribution is 5.72. The van der Waals surface area contributed by atoms with Crippen molar-refractivity contribution < 1.29 is 8.78 Å². The van der Waals surface area contributed by atoms with Gasteiger partial charge in [0, 0.05) is 13.2 Å². The van der Waals surface area contributed by atoms with Crippen LogP contribution in [-0.4, -0.2) is 9.78 Å². The monoisotopic (exact) mass is 224 g/mol. The molecule has 0 spiro atoms. The predicted molar refractivity (Wildman–Crippen MR) is 57.3 cm³/mol. The third-order valence-corrected chi connectivity index (χ3v) is 2.10. The van der Waals surface area contributed by atoms with E-state index < -0.39 is 11.6 Å². The summed E-state index contributed by atoms with van der Waals surface area (Å²) in [4.78, 5) is 0. The summed E-state index contributed by atoms with van der Waals surface area (Å²) >= 11 is 0. The Hall–Kier alpha value is -2.11. The lowest BCUT2D eigenvalue weighted by Gasteiger charge is -2.08. The van der Waals surface area contributed by atoms with Crippen molar-refractivity contribution in [1.29, 1.82) is 0 Å². The van der Waals surface area contributed by atoms with Crippen LogP contribution < -0.4 is 11.1 Å². The molecule has 0 unspecified atom stereocenters. The third-order valence-electron chi connectivity index (χ3n) is 2.10. The van der Waals surface area contributed by atoms with Gasteiger partial charge in [0.05, 0.1) is 17.6 Å². The zero-order valence-electron chi connectivity index (χ0n) is 8.54. The molecule has 0 radical (unpaired) electrons. The number of hydrogen-bond acceptors (Lipinski definition) is 3. The molecule has 3 N–H and O–H groups in total. The van der Waals surface area contributed by atoms with E-state index in [1.807, 2.05) is 0 Å². The van der Waals surface area contributed by atoms with Gasteiger partial charge in [0.2, 0.25) is 0 Å². The van der Waals surface area contributed by atoms with Crippen LogP contribution in [0.25, 0.3) is 0 Å². The van der Waals surface area contributed by atoms with Crippen LogP contribution in [0.2, 0.25) is 0 Å². The highest BCUT2D eigenvalue weighted by Crippen LogP contribution is 2.27. The summed E-state index contributed by atoms with van der Waals surface area (Å²) in [5.41, 5.74) is 6.15. The molecule has 84 valence electrons. The molecular formula is C10H10F2N4. The van der Waals surface area contributed by atoms with Crippen molar-refractivity contribution in [3.63, 3.8) is 0 Å². The maximum Gasteiger partial charge on any atom is 0.184 e. The van der Waals surface area contributed by atoms with Crippen LogP contribution in [0.15, 0.2) is 24.5 Å². The van der Waals surface area contributed by atoms with Gasteiger partial charge < -0.3 is 11.1 Å². The molecular weight excluding hydrogens is 214 g/mol. The predicted octanol–water partition coefficient (Wildman–Crippen LogP) is 2.02. The van der Waals surface area contributed by atoms with Crippen molar-refractivity contribution in [1.82, 2.24) is 9.78 Å². The number of nitrogens with two attached hydrogens (primary N) is 1. The molecule has 16 heavy (non-hydrogen) atoms. The minimum absolute atomic E-state index is 0.0759. The van der Waals surface area contributed by atoms with E-state index in [-0.39, 0.29) is 11.4 Å². The Morgan fingerprint density at radius 1 is 1.38 bits per heavy atom. The number of rotatable bonds is 2. The van der Waals surface area contributed by atoms with Crippen molar-refractivity contribution in [2.24, 2.45) is 7.05 Å². The van der Waals surface area contributed by atoms with Gasteiger partial charge in [0.15, 0.2) is 11.6 Å². The first-order chi connectivity index (χ1) is 7.58. The molecule has 4 nitrogen and oxygen atoms in total. The van der Waals surface area contributed by atoms with E-state index >= 15 is 0 Å². The zero-order chi connectivity index (χ0) is 11.7. The fraction of sp³-hybridized carbons (Fsp3) is 0.100. The van der Waals surface area contributed by atoms with Gasteiger partial charge in [0.25, 0.3) is 0 Å². The number of halogens is 2. The van der Waals surface area contributed by atoms with Crippen LogP contribution in [0.1, 0.15) is 0 Å². The summed E-state index contributed by atoms with van der Waals surface area (Å²) in [6, 6.07) is 2.29. The van der Waals surface area contributed by atoms with Gasteiger partial charge in [-0.15, -0.1) is 0 Å². The number of nitrogens with one attached hydrogen (secondary N) is 1. The lowest BCUT2D eigenvalue weighted by Crippen LogP contribution is -2.00. The van der Waals surface area contributed by atoms with Gasteiger partial charge in [-0.05, 0) is 12.1 Å². The lowest BCUT2D eigenvalue weighted by molar-refractivity contribution is 0.512. The number of anilines is 3. The number of nitrogen functional groups attached to an aromatic ring is 1. The largest absolute Gasteiger partial charge is 0.397 e. The minimum Gasteiger partial charge on any atom is -0.397 e. The molecule has 0 saturated heterocycles. The van der Waals surface area contributed by atoms with Gasteiger partial charge in [-0.3, -0.25) is 4.68 Å². The van der Waals surface area contributed by atoms with Gasteiger partial charge in [0.1, 0.15) is 5.69 Å². The fourth-order valence-corrected chi connectivity index (χ4v) is 1.32. The first-order valence-electron chi connectivity index (χ1n) is 4.57. The molecule has 0 fully saturated rings. The van der Waals surface area contributed by atoms with Crippen molar-refractivity contribution in [2.75, 3.05) is 11.1 Å². The molecule has 0 atom stereocenters. The van der Waals surface area contributed by atoms with E-state index in [9.17, 15) is 8.78 Å². The molecule has 0 saturated carbocycles. The van der Waals surface area contributed by atoms with Crippen molar-refractivity contribution in [2.45, 2.75) is 0 Å². The van der Waals surface area contributed by atoms with Crippen LogP contribution in [0, 0.1) is 11.6 Å². The van der Waals surface area contributed by atoms with Crippen molar-refractivity contribution in [3.8, 4) is 0 Å². The Morgan fingerprint density at radius 3 is 2.75 bits per heavy atom. The summed E-state index contributed by atoms with van der Waals surface area (Å²) < 4.78 is 27.9. The second-order valence-corrected chi connectivity index (χ2v) is 3.35. The van der Waals surface area contributed by atoms with Crippen LogP contribution in [0.4, 0.5) is 25.8 Å². The van der Waals surface area contributed by atoms with Crippen LogP contribution in [0.3, 0.4) is 0 Å². The molecule has 0 aliphatic heterocycles. The van der Waals surface area contributed by atoms with E-state index in [4.69, 9.17) is 5.73 Å². The molecule has 0 amide bonds. The van der Waals surface area contributed by atoms with Gasteiger partial charge >= 0.3 is 0 Å². The molecule has 0 bridgehead atoms. The average Bonchev–Trinajstić information content (AvgIpc) is 2.65. The molecule has 1 heterocycles. The number of benzene rings is 1. The average molecular weight is 224 g/mol. The van der Waals surface area contributed by atoms with Crippen LogP contribution in [0.5, 0.6) is 0 Å². The Bertz CT molecular complexity index is 522. The highest BCUT2D eigenvalue weighted by Gasteiger charge is 2.12. The summed E-state index contributed by atoms with van der Waals surface area (Å²) in [5.74, 6) is -1.94. The van der Waals surface area contributed by atoms with E-state index in [2.05, 4.69) is 10.4 Å². The summed E-state index contributed by atoms with van der Waals surface area (Å²) in [6.07, 6.45) is 3.12. The molecule has 0 aliphatic carbocycles. The molecule has 1 aromatic carbocycles. The Labute approximate surface area is 90.7 Å². The minimum atomic E-state index is -0.996. The topological polar surface area (TPSA) is 55.9 Å². The third kappa shape index (κ3) is 1.81. The number of nitrogens with zero attached hydrogens (tertiary/aromatic N) is 2. The summed E-state index contributed by atoms with van der Waals surface area (Å²) in [6.45, 7) is 0. The Balaban J connectivity index is 2.37. The second-order valence-electron chi connectivity index (χ2n) is 3.35. The van der Waals surface area contributed by atoms with Gasteiger partial charge in [-0.2, -0.15) is 5.10 Å². The highest BCUT2D eigenvalue weighted by atomic mass is 19.2. The fourth-order valence-electron chi connectivity index (χ4n) is 1.32. The van der Waals surface area contributed by atoms with E-state index in [1.54, 1.807) is 13.2 Å². The molecule has 0 aliphatic rings. The van der Waals surface area contributed by atoms with Crippen LogP contribution in [-0.2, 0) is 7.05 Å². The van der Waals surface area contributed by atoms with Gasteiger partial charge in [-0.25, -0.2) is 8.78 Å². The van der Waals surface area contributed by atoms with E-state index in [1.165, 1.54) is 16.9 Å². The van der Waals surface area contributed by atoms with E-state index in [0.717, 1.165) is 6.07 Å². The summed E-state index contributed by atoms with van der Waals surface area (Å²) in [7, 11) is 1.72. The first kappa shape index (κ1) is 10.4. The first-order valence-corrected chi connectivity index (χ1v) is 4.57. The SMILES string of the molecule is Cn1cc(Nc2c(N)ccc(F)c2F)cn1. The number of aryl methyl sites for hydroxylation is 1. The summed E-state index contributed by atoms with van der Waals surface area (Å²) in [5, 5.41) is 6.57. The molecule has 1 aromatic heterocycles. The smallest absolute Gasteiger partial charge is 0.184 e. The second kappa shape index (κ2) is 3.80. The normalized spacial score (nSPS) is 10.4. The quantitative estimate of drug-likeness (QED) is 0.767. The number of aromatic nitrogens is 2. The van der Waals surface area contributed by atoms with Crippen LogP contribution >= 0.6 is 0 Å². The molecule has 6 heteroatoms. The van der Waals surface area contributed by atoms with Crippen molar-refractivity contribution in [3.05, 3.63) is 36.2 Å². The van der Waals surface area contributed by atoms with Crippen molar-refractivity contribution >= 4 is 17.1 Å². The molecule has 2 aromatic rings. The number of hydrogen-bond donors (Lipinski definition) is 2. The Kier molecular flexibility index (Phi) is 2.47. The van der Waals surface area contributed by atoms with E-state index in [0.29, 0.717) is 5.69 Å². The Morgan fingerprint density at radius 2 is 2.12 bits per heavy atom. The standard InChI is InChI=1S/C10H10F2N4/c1-16-5-6(4-14-16)15-10-8(13)3-2-7(11)9(10)12/h2-5,15H,13H2,1H3. The zero-order valence-corrected chi connectivity index (χ0v) is 8.54. The lowest BCUT2D eigenvalue weighted by atomic mass is 10.2. The molecule has 2 rings (SSSR count). The van der Waals surface area contributed by atoms with Gasteiger partial charge in [-0.1, -0.05) is 0 Å². The maximum atomic E-state index is 13.4.